The molecule has 0 aliphatic heterocycles. The lowest BCUT2D eigenvalue weighted by Gasteiger charge is -2.20. The highest BCUT2D eigenvalue weighted by molar-refractivity contribution is 5.89. The maximum Gasteiger partial charge on any atom is 0.319 e. The molecule has 0 fully saturated rings. The maximum absolute atomic E-state index is 11.4. The van der Waals surface area contributed by atoms with Gasteiger partial charge in [-0.25, -0.2) is 14.8 Å². The Morgan fingerprint density at radius 2 is 1.86 bits per heavy atom. The number of carbonyl (C=O) groups is 1. The lowest BCUT2D eigenvalue weighted by Crippen LogP contribution is -2.43. The summed E-state index contributed by atoms with van der Waals surface area (Å²) in [5.74, 6) is 0. The van der Waals surface area contributed by atoms with E-state index in [0.717, 1.165) is 0 Å². The van der Waals surface area contributed by atoms with E-state index in [4.69, 9.17) is 0 Å². The van der Waals surface area contributed by atoms with Gasteiger partial charge in [-0.15, -0.1) is 0 Å². The molecule has 1 aromatic rings. The molecule has 76 valence electrons. The molecular weight excluding hydrogens is 180 g/mol. The Labute approximate surface area is 83.0 Å². The van der Waals surface area contributed by atoms with E-state index in [1.165, 1.54) is 18.7 Å². The van der Waals surface area contributed by atoms with Crippen molar-refractivity contribution in [3.63, 3.8) is 0 Å². The highest BCUT2D eigenvalue weighted by Crippen LogP contribution is 2.02. The van der Waals surface area contributed by atoms with Crippen molar-refractivity contribution < 1.29 is 4.79 Å². The van der Waals surface area contributed by atoms with Gasteiger partial charge in [0.1, 0.15) is 6.33 Å². The third-order valence-corrected chi connectivity index (χ3v) is 1.31. The van der Waals surface area contributed by atoms with Crippen molar-refractivity contribution in [2.24, 2.45) is 0 Å². The largest absolute Gasteiger partial charge is 0.333 e. The average Bonchev–Trinajstić information content (AvgIpc) is 2.02. The molecule has 5 nitrogen and oxygen atoms in total. The molecule has 0 saturated heterocycles. The Kier molecular flexibility index (Phi) is 3.01. The van der Waals surface area contributed by atoms with E-state index in [0.29, 0.717) is 5.69 Å². The zero-order valence-electron chi connectivity index (χ0n) is 8.53. The van der Waals surface area contributed by atoms with Crippen LogP contribution in [0.1, 0.15) is 20.8 Å². The van der Waals surface area contributed by atoms with Gasteiger partial charge in [-0.1, -0.05) is 0 Å². The van der Waals surface area contributed by atoms with Crippen molar-refractivity contribution in [1.82, 2.24) is 15.3 Å². The minimum atomic E-state index is -0.257. The summed E-state index contributed by atoms with van der Waals surface area (Å²) in [6, 6.07) is -0.257. The van der Waals surface area contributed by atoms with E-state index in [-0.39, 0.29) is 11.6 Å². The number of urea groups is 1. The highest BCUT2D eigenvalue weighted by Gasteiger charge is 2.13. The smallest absolute Gasteiger partial charge is 0.319 e. The van der Waals surface area contributed by atoms with Crippen LogP contribution in [0, 0.1) is 0 Å². The monoisotopic (exact) mass is 194 g/mol. The van der Waals surface area contributed by atoms with Gasteiger partial charge in [-0.3, -0.25) is 0 Å². The van der Waals surface area contributed by atoms with Gasteiger partial charge in [0.25, 0.3) is 0 Å². The molecular formula is C9H14N4O. The quantitative estimate of drug-likeness (QED) is 0.710. The van der Waals surface area contributed by atoms with Crippen LogP contribution < -0.4 is 10.6 Å². The molecule has 0 bridgehead atoms. The van der Waals surface area contributed by atoms with Crippen molar-refractivity contribution in [1.29, 1.82) is 0 Å². The van der Waals surface area contributed by atoms with Gasteiger partial charge >= 0.3 is 6.03 Å². The number of nitrogens with zero attached hydrogens (tertiary/aromatic N) is 2. The van der Waals surface area contributed by atoms with Crippen molar-refractivity contribution >= 4 is 11.7 Å². The molecule has 0 radical (unpaired) electrons. The maximum atomic E-state index is 11.4. The Bertz CT molecular complexity index is 304. The van der Waals surface area contributed by atoms with Gasteiger partial charge in [0.05, 0.1) is 18.1 Å². The first-order chi connectivity index (χ1) is 6.47. The zero-order chi connectivity index (χ0) is 10.6. The fraction of sp³-hybridized carbons (Fsp3) is 0.444. The molecule has 0 atom stereocenters. The summed E-state index contributed by atoms with van der Waals surface area (Å²) in [7, 11) is 0. The van der Waals surface area contributed by atoms with Crippen LogP contribution in [0.3, 0.4) is 0 Å². The van der Waals surface area contributed by atoms with Gasteiger partial charge in [0, 0.05) is 5.54 Å². The van der Waals surface area contributed by atoms with Gasteiger partial charge in [-0.2, -0.15) is 0 Å². The number of anilines is 1. The van der Waals surface area contributed by atoms with Crippen LogP contribution in [0.15, 0.2) is 18.7 Å². The van der Waals surface area contributed by atoms with Crippen LogP contribution in [-0.2, 0) is 0 Å². The predicted octanol–water partition coefficient (Wildman–Crippen LogP) is 1.40. The van der Waals surface area contributed by atoms with Crippen LogP contribution >= 0.6 is 0 Å². The van der Waals surface area contributed by atoms with Crippen LogP contribution in [0.5, 0.6) is 0 Å². The average molecular weight is 194 g/mol. The van der Waals surface area contributed by atoms with Gasteiger partial charge < -0.3 is 10.6 Å². The van der Waals surface area contributed by atoms with Gasteiger partial charge in [0.2, 0.25) is 0 Å². The Morgan fingerprint density at radius 1 is 1.29 bits per heavy atom. The van der Waals surface area contributed by atoms with Crippen molar-refractivity contribution in [2.75, 3.05) is 5.32 Å². The summed E-state index contributed by atoms with van der Waals surface area (Å²) in [4.78, 5) is 18.9. The van der Waals surface area contributed by atoms with Crippen LogP contribution in [-0.4, -0.2) is 21.5 Å². The number of amides is 2. The summed E-state index contributed by atoms with van der Waals surface area (Å²) < 4.78 is 0. The molecule has 1 aromatic heterocycles. The summed E-state index contributed by atoms with van der Waals surface area (Å²) in [5, 5.41) is 5.39. The third-order valence-electron chi connectivity index (χ3n) is 1.31. The second-order valence-corrected chi connectivity index (χ2v) is 3.96. The minimum absolute atomic E-state index is 0.250. The van der Waals surface area contributed by atoms with Crippen LogP contribution in [0.2, 0.25) is 0 Å². The molecule has 0 unspecified atom stereocenters. The summed E-state index contributed by atoms with van der Waals surface area (Å²) in [5.41, 5.74) is 0.328. The van der Waals surface area contributed by atoms with Crippen LogP contribution in [0.4, 0.5) is 10.5 Å². The Hall–Kier alpha value is -1.65. The number of hydrogen-bond acceptors (Lipinski definition) is 3. The van der Waals surface area contributed by atoms with Crippen molar-refractivity contribution in [3.8, 4) is 0 Å². The van der Waals surface area contributed by atoms with Crippen molar-refractivity contribution in [3.05, 3.63) is 18.7 Å². The number of hydrogen-bond donors (Lipinski definition) is 2. The number of nitrogens with one attached hydrogen (secondary N) is 2. The van der Waals surface area contributed by atoms with E-state index < -0.39 is 0 Å². The fourth-order valence-electron chi connectivity index (χ4n) is 0.867. The molecule has 2 amide bonds. The first-order valence-electron chi connectivity index (χ1n) is 4.31. The standard InChI is InChI=1S/C9H14N4O/c1-9(2,3)13-8(14)12-7-4-10-6-11-5-7/h4-6H,1-3H3,(H2,12,13,14). The Balaban J connectivity index is 2.50. The number of aromatic nitrogens is 2. The molecule has 14 heavy (non-hydrogen) atoms. The van der Waals surface area contributed by atoms with Crippen molar-refractivity contribution in [2.45, 2.75) is 26.3 Å². The molecule has 0 aliphatic carbocycles. The van der Waals surface area contributed by atoms with Crippen LogP contribution in [0.25, 0.3) is 0 Å². The van der Waals surface area contributed by atoms with E-state index >= 15 is 0 Å². The van der Waals surface area contributed by atoms with Gasteiger partial charge in [0.15, 0.2) is 0 Å². The van der Waals surface area contributed by atoms with E-state index in [1.807, 2.05) is 20.8 Å². The third kappa shape index (κ3) is 3.84. The fourth-order valence-corrected chi connectivity index (χ4v) is 0.867. The molecule has 0 spiro atoms. The predicted molar refractivity (Wildman–Crippen MR) is 53.9 cm³/mol. The molecule has 2 N–H and O–H groups in total. The first-order valence-corrected chi connectivity index (χ1v) is 4.31. The SMILES string of the molecule is CC(C)(C)NC(=O)Nc1cncnc1. The lowest BCUT2D eigenvalue weighted by molar-refractivity contribution is 0.244. The topological polar surface area (TPSA) is 66.9 Å². The second-order valence-electron chi connectivity index (χ2n) is 3.96. The van der Waals surface area contributed by atoms with E-state index in [2.05, 4.69) is 20.6 Å². The molecule has 1 rings (SSSR count). The molecule has 1 heterocycles. The molecule has 0 aliphatic rings. The summed E-state index contributed by atoms with van der Waals surface area (Å²) >= 11 is 0. The lowest BCUT2D eigenvalue weighted by atomic mass is 10.1. The van der Waals surface area contributed by atoms with Gasteiger partial charge in [-0.05, 0) is 20.8 Å². The number of carbonyl (C=O) groups excluding carboxylic acids is 1. The number of rotatable bonds is 1. The first kappa shape index (κ1) is 10.4. The molecule has 0 aromatic carbocycles. The van der Waals surface area contributed by atoms with E-state index in [1.54, 1.807) is 0 Å². The summed E-state index contributed by atoms with van der Waals surface area (Å²) in [6.07, 6.45) is 4.48. The normalized spacial score (nSPS) is 10.8. The second kappa shape index (κ2) is 4.04. The zero-order valence-corrected chi connectivity index (χ0v) is 8.53. The molecule has 5 heteroatoms. The highest BCUT2D eigenvalue weighted by atomic mass is 16.2. The van der Waals surface area contributed by atoms with E-state index in [9.17, 15) is 4.79 Å². The summed E-state index contributed by atoms with van der Waals surface area (Å²) in [6.45, 7) is 5.73. The molecule has 0 saturated carbocycles. The minimum Gasteiger partial charge on any atom is -0.333 e. The Morgan fingerprint density at radius 3 is 2.36 bits per heavy atom.